The summed E-state index contributed by atoms with van der Waals surface area (Å²) < 4.78 is 21.0. The van der Waals surface area contributed by atoms with E-state index in [0.717, 1.165) is 36.5 Å². The molecular weight excluding hydrogens is 421 g/mol. The van der Waals surface area contributed by atoms with E-state index in [1.165, 1.54) is 22.7 Å². The molecule has 31 heavy (non-hydrogen) atoms. The first kappa shape index (κ1) is 23.3. The van der Waals surface area contributed by atoms with Gasteiger partial charge in [-0.25, -0.2) is 4.68 Å². The molecule has 0 saturated carbocycles. The fraction of sp³-hybridized carbons (Fsp3) is 0.524. The number of hydrogen-bond donors (Lipinski definition) is 2. The van der Waals surface area contributed by atoms with Crippen molar-refractivity contribution in [1.29, 1.82) is 10.8 Å². The van der Waals surface area contributed by atoms with Crippen molar-refractivity contribution in [3.8, 4) is 0 Å². The Morgan fingerprint density at radius 3 is 2.90 bits per heavy atom. The number of ether oxygens (including phenoxy) is 1. The lowest BCUT2D eigenvalue weighted by Crippen LogP contribution is -2.37. The van der Waals surface area contributed by atoms with Crippen LogP contribution in [-0.2, 0) is 30.7 Å². The van der Waals surface area contributed by atoms with Gasteiger partial charge < -0.3 is 4.74 Å². The Balaban J connectivity index is 1.64. The Hall–Kier alpha value is -2.36. The number of rotatable bonds is 4. The number of amidine groups is 2. The highest BCUT2D eigenvalue weighted by Crippen LogP contribution is 2.20. The van der Waals surface area contributed by atoms with Crippen molar-refractivity contribution >= 4 is 23.3 Å². The number of halogens is 2. The van der Waals surface area contributed by atoms with Crippen LogP contribution in [-0.4, -0.2) is 62.5 Å². The number of hydrogen-bond acceptors (Lipinski definition) is 6. The van der Waals surface area contributed by atoms with Gasteiger partial charge in [-0.05, 0) is 62.9 Å². The number of nitrogens with one attached hydrogen (secondary N) is 2. The normalized spacial score (nSPS) is 18.1. The quantitative estimate of drug-likeness (QED) is 0.423. The van der Waals surface area contributed by atoms with Crippen molar-refractivity contribution in [3.63, 3.8) is 0 Å². The van der Waals surface area contributed by atoms with Gasteiger partial charge in [0.25, 0.3) is 0 Å². The fourth-order valence-corrected chi connectivity index (χ4v) is 3.85. The van der Waals surface area contributed by atoms with Crippen LogP contribution in [0.3, 0.4) is 0 Å². The summed E-state index contributed by atoms with van der Waals surface area (Å²) in [6.45, 7) is 6.07. The van der Waals surface area contributed by atoms with Crippen molar-refractivity contribution in [3.05, 3.63) is 46.2 Å². The van der Waals surface area contributed by atoms with Gasteiger partial charge in [-0.3, -0.25) is 15.7 Å². The van der Waals surface area contributed by atoms with Gasteiger partial charge in [-0.1, -0.05) is 27.4 Å². The van der Waals surface area contributed by atoms with Crippen molar-refractivity contribution in [1.82, 2.24) is 25.0 Å². The maximum Gasteiger partial charge on any atom is 0.155 e. The average Bonchev–Trinajstić information content (AvgIpc) is 3.16. The van der Waals surface area contributed by atoms with Crippen LogP contribution in [0.25, 0.3) is 0 Å². The molecule has 1 atom stereocenters. The molecule has 10 heteroatoms. The molecule has 3 rings (SSSR count). The minimum Gasteiger partial charge on any atom is -0.379 e. The molecule has 0 amide bonds. The summed E-state index contributed by atoms with van der Waals surface area (Å²) in [7, 11) is 0. The molecule has 2 aromatic rings. The van der Waals surface area contributed by atoms with Crippen LogP contribution in [0.4, 0.5) is 4.48 Å². The first-order chi connectivity index (χ1) is 14.8. The molecule has 2 N–H and O–H groups in total. The van der Waals surface area contributed by atoms with Crippen LogP contribution in [0.5, 0.6) is 0 Å². The van der Waals surface area contributed by atoms with Gasteiger partial charge in [0.05, 0.1) is 25.1 Å². The lowest BCUT2D eigenvalue weighted by molar-refractivity contribution is 0.0641. The number of aromatic nitrogens is 3. The van der Waals surface area contributed by atoms with E-state index in [9.17, 15) is 4.48 Å². The lowest BCUT2D eigenvalue weighted by atomic mass is 10.0. The second-order valence-electron chi connectivity index (χ2n) is 7.88. The molecule has 0 saturated heterocycles. The summed E-state index contributed by atoms with van der Waals surface area (Å²) in [5.74, 6) is -0.705. The number of benzene rings is 1. The lowest BCUT2D eigenvalue weighted by Gasteiger charge is -2.28. The van der Waals surface area contributed by atoms with Gasteiger partial charge in [0.1, 0.15) is 12.4 Å². The molecule has 1 aliphatic rings. The molecule has 168 valence electrons. The molecule has 0 unspecified atom stereocenters. The third kappa shape index (κ3) is 6.56. The highest BCUT2D eigenvalue weighted by atomic mass is 35.5. The standard InChI is InChI=1S/C21H29ClFN7O/c1-15-14-31-9-7-17-5-6-19(22)10-18(17)4-3-8-28(15)11-20-12-29(27-26-20)13-21(25)30(23)16(2)24/h5-6,10,12,15,24-25H,3-4,7-9,11,13-14H2,1-2H3/t15-/m0/s1. The largest absolute Gasteiger partial charge is 0.379 e. The van der Waals surface area contributed by atoms with Gasteiger partial charge in [0.2, 0.25) is 0 Å². The van der Waals surface area contributed by atoms with Crippen LogP contribution >= 0.6 is 11.6 Å². The summed E-state index contributed by atoms with van der Waals surface area (Å²) in [6.07, 6.45) is 4.51. The van der Waals surface area contributed by atoms with E-state index >= 15 is 0 Å². The van der Waals surface area contributed by atoms with E-state index in [-0.39, 0.29) is 29.4 Å². The average molecular weight is 450 g/mol. The van der Waals surface area contributed by atoms with Crippen molar-refractivity contribution in [2.45, 2.75) is 52.2 Å². The summed E-state index contributed by atoms with van der Waals surface area (Å²) in [6, 6.07) is 6.28. The Bertz CT molecular complexity index is 919. The molecule has 0 aliphatic carbocycles. The maximum atomic E-state index is 13.6. The molecule has 1 aromatic carbocycles. The molecular formula is C21H29ClFN7O. The highest BCUT2D eigenvalue weighted by Gasteiger charge is 2.19. The molecule has 0 spiro atoms. The molecule has 2 heterocycles. The first-order valence-corrected chi connectivity index (χ1v) is 10.8. The number of fused-ring (bicyclic) bond motifs is 1. The van der Waals surface area contributed by atoms with Crippen molar-refractivity contribution < 1.29 is 9.22 Å². The second kappa shape index (κ2) is 10.8. The van der Waals surface area contributed by atoms with Crippen molar-refractivity contribution in [2.24, 2.45) is 0 Å². The van der Waals surface area contributed by atoms with E-state index in [1.54, 1.807) is 6.20 Å². The Morgan fingerprint density at radius 2 is 2.13 bits per heavy atom. The van der Waals surface area contributed by atoms with Gasteiger partial charge >= 0.3 is 0 Å². The minimum atomic E-state index is -0.363. The number of nitrogens with zero attached hydrogens (tertiary/aromatic N) is 5. The molecule has 0 fully saturated rings. The minimum absolute atomic E-state index is 0.0264. The summed E-state index contributed by atoms with van der Waals surface area (Å²) in [5.41, 5.74) is 3.31. The Morgan fingerprint density at radius 1 is 1.32 bits per heavy atom. The monoisotopic (exact) mass is 449 g/mol. The van der Waals surface area contributed by atoms with Crippen LogP contribution in [0.1, 0.15) is 37.1 Å². The molecule has 1 aliphatic heterocycles. The molecule has 0 bridgehead atoms. The smallest absolute Gasteiger partial charge is 0.155 e. The maximum absolute atomic E-state index is 13.6. The third-order valence-electron chi connectivity index (χ3n) is 5.35. The Kier molecular flexibility index (Phi) is 8.11. The second-order valence-corrected chi connectivity index (χ2v) is 8.32. The van der Waals surface area contributed by atoms with Crippen LogP contribution in [0.15, 0.2) is 24.4 Å². The SMILES string of the molecule is CC(=N)N(F)C(=N)Cn1cc(CN2CCCc3cc(Cl)ccc3CCOC[C@@H]2C)nn1. The van der Waals surface area contributed by atoms with Gasteiger partial charge in [-0.2, -0.15) is 5.12 Å². The predicted octanol–water partition coefficient (Wildman–Crippen LogP) is 3.49. The molecule has 8 nitrogen and oxygen atoms in total. The predicted molar refractivity (Wildman–Crippen MR) is 118 cm³/mol. The van der Waals surface area contributed by atoms with E-state index in [2.05, 4.69) is 28.2 Å². The van der Waals surface area contributed by atoms with Crippen LogP contribution in [0.2, 0.25) is 5.02 Å². The first-order valence-electron chi connectivity index (χ1n) is 10.4. The highest BCUT2D eigenvalue weighted by molar-refractivity contribution is 6.30. The topological polar surface area (TPSA) is 94.1 Å². The van der Waals surface area contributed by atoms with Crippen LogP contribution in [0, 0.1) is 10.8 Å². The summed E-state index contributed by atoms with van der Waals surface area (Å²) >= 11 is 6.20. The fourth-order valence-electron chi connectivity index (χ4n) is 3.65. The van der Waals surface area contributed by atoms with E-state index in [4.69, 9.17) is 27.2 Å². The zero-order valence-electron chi connectivity index (χ0n) is 17.9. The third-order valence-corrected chi connectivity index (χ3v) is 5.59. The van der Waals surface area contributed by atoms with Gasteiger partial charge in [0.15, 0.2) is 5.84 Å². The van der Waals surface area contributed by atoms with Gasteiger partial charge in [-0.15, -0.1) is 5.10 Å². The van der Waals surface area contributed by atoms with Gasteiger partial charge in [0, 0.05) is 17.6 Å². The van der Waals surface area contributed by atoms with Crippen molar-refractivity contribution in [2.75, 3.05) is 19.8 Å². The molecule has 0 radical (unpaired) electrons. The molecule has 1 aromatic heterocycles. The number of aryl methyl sites for hydroxylation is 1. The summed E-state index contributed by atoms with van der Waals surface area (Å²) in [4.78, 5) is 2.30. The van der Waals surface area contributed by atoms with E-state index in [0.29, 0.717) is 19.8 Å². The van der Waals surface area contributed by atoms with E-state index < -0.39 is 0 Å². The zero-order valence-corrected chi connectivity index (χ0v) is 18.7. The zero-order chi connectivity index (χ0) is 22.4. The summed E-state index contributed by atoms with van der Waals surface area (Å²) in [5, 5.41) is 24.0. The van der Waals surface area contributed by atoms with Crippen LogP contribution < -0.4 is 0 Å². The Labute approximate surface area is 186 Å². The van der Waals surface area contributed by atoms with E-state index in [1.807, 2.05) is 12.1 Å².